The lowest BCUT2D eigenvalue weighted by atomic mass is 10.1. The number of halogens is 1. The van der Waals surface area contributed by atoms with Crippen LogP contribution in [0.2, 0.25) is 0 Å². The summed E-state index contributed by atoms with van der Waals surface area (Å²) in [7, 11) is 0. The summed E-state index contributed by atoms with van der Waals surface area (Å²) in [4.78, 5) is 1.50. The van der Waals surface area contributed by atoms with Gasteiger partial charge in [0.05, 0.1) is 3.79 Å². The number of thiophene rings is 1. The average molecular weight is 274 g/mol. The Kier molecular flexibility index (Phi) is 3.63. The Hall–Kier alpha value is 0.140. The first kappa shape index (κ1) is 10.7. The highest BCUT2D eigenvalue weighted by Crippen LogP contribution is 2.34. The largest absolute Gasteiger partial charge is 0.309 e. The molecule has 78 valence electrons. The number of hydrogen-bond acceptors (Lipinski definition) is 2. The minimum atomic E-state index is 0.604. The van der Waals surface area contributed by atoms with Crippen molar-refractivity contribution in [3.63, 3.8) is 0 Å². The fraction of sp³-hybridized carbons (Fsp3) is 0.636. The summed E-state index contributed by atoms with van der Waals surface area (Å²) in [5.41, 5.74) is 1.37. The van der Waals surface area contributed by atoms with Crippen molar-refractivity contribution in [1.82, 2.24) is 5.32 Å². The van der Waals surface area contributed by atoms with Crippen molar-refractivity contribution in [3.05, 3.63) is 20.3 Å². The first-order valence-electron chi connectivity index (χ1n) is 5.26. The molecule has 1 aliphatic rings. The summed E-state index contributed by atoms with van der Waals surface area (Å²) in [6.45, 7) is 3.35. The monoisotopic (exact) mass is 273 g/mol. The molecule has 14 heavy (non-hydrogen) atoms. The van der Waals surface area contributed by atoms with Gasteiger partial charge in [0.25, 0.3) is 0 Å². The summed E-state index contributed by atoms with van der Waals surface area (Å²) >= 11 is 5.48. The van der Waals surface area contributed by atoms with E-state index in [1.807, 2.05) is 11.3 Å². The van der Waals surface area contributed by atoms with Gasteiger partial charge >= 0.3 is 0 Å². The second-order valence-electron chi connectivity index (χ2n) is 3.96. The summed E-state index contributed by atoms with van der Waals surface area (Å²) in [6.07, 6.45) is 5.38. The molecule has 0 aromatic carbocycles. The highest BCUT2D eigenvalue weighted by Gasteiger charge is 2.16. The summed E-state index contributed by atoms with van der Waals surface area (Å²) in [5, 5.41) is 3.63. The Morgan fingerprint density at radius 1 is 1.43 bits per heavy atom. The molecule has 1 fully saturated rings. The Bertz CT molecular complexity index is 281. The lowest BCUT2D eigenvalue weighted by molar-refractivity contribution is 0.543. The lowest BCUT2D eigenvalue weighted by Crippen LogP contribution is -2.19. The van der Waals surface area contributed by atoms with Gasteiger partial charge in [-0.2, -0.15) is 0 Å². The average Bonchev–Trinajstić information content (AvgIpc) is 2.46. The third-order valence-corrected chi connectivity index (χ3v) is 5.03. The minimum Gasteiger partial charge on any atom is -0.309 e. The van der Waals surface area contributed by atoms with Crippen molar-refractivity contribution in [2.24, 2.45) is 0 Å². The molecule has 0 spiro atoms. The van der Waals surface area contributed by atoms with Gasteiger partial charge in [-0.3, -0.25) is 0 Å². The van der Waals surface area contributed by atoms with Gasteiger partial charge in [-0.1, -0.05) is 12.8 Å². The van der Waals surface area contributed by atoms with Gasteiger partial charge in [0.15, 0.2) is 0 Å². The fourth-order valence-electron chi connectivity index (χ4n) is 1.93. The van der Waals surface area contributed by atoms with Crippen LogP contribution in [0.3, 0.4) is 0 Å². The molecular formula is C11H16BrNS. The second-order valence-corrected chi connectivity index (χ2v) is 6.36. The molecule has 0 bridgehead atoms. The van der Waals surface area contributed by atoms with E-state index in [2.05, 4.69) is 34.2 Å². The molecule has 3 heteroatoms. The molecule has 1 aromatic heterocycles. The van der Waals surface area contributed by atoms with Gasteiger partial charge in [0.1, 0.15) is 0 Å². The van der Waals surface area contributed by atoms with E-state index in [4.69, 9.17) is 0 Å². The van der Waals surface area contributed by atoms with E-state index in [0.29, 0.717) is 6.04 Å². The van der Waals surface area contributed by atoms with Crippen molar-refractivity contribution >= 4 is 27.3 Å². The van der Waals surface area contributed by atoms with Crippen LogP contribution in [-0.4, -0.2) is 6.54 Å². The highest BCUT2D eigenvalue weighted by molar-refractivity contribution is 9.11. The molecule has 1 N–H and O–H groups in total. The molecule has 1 aromatic rings. The van der Waals surface area contributed by atoms with Crippen LogP contribution < -0.4 is 5.32 Å². The van der Waals surface area contributed by atoms with Crippen LogP contribution in [-0.2, 0) is 0 Å². The van der Waals surface area contributed by atoms with Gasteiger partial charge in [-0.25, -0.2) is 0 Å². The first-order valence-corrected chi connectivity index (χ1v) is 6.87. The van der Waals surface area contributed by atoms with E-state index in [1.165, 1.54) is 46.5 Å². The normalized spacial score (nSPS) is 23.4. The third kappa shape index (κ3) is 2.38. The molecule has 1 atom stereocenters. The van der Waals surface area contributed by atoms with Crippen LogP contribution in [0.4, 0.5) is 0 Å². The smallest absolute Gasteiger partial charge is 0.0731 e. The third-order valence-electron chi connectivity index (χ3n) is 2.78. The van der Waals surface area contributed by atoms with Crippen molar-refractivity contribution in [2.45, 2.75) is 38.6 Å². The van der Waals surface area contributed by atoms with Crippen LogP contribution in [0.25, 0.3) is 0 Å². The minimum absolute atomic E-state index is 0.604. The summed E-state index contributed by atoms with van der Waals surface area (Å²) in [6, 6.07) is 2.92. The van der Waals surface area contributed by atoms with Crippen molar-refractivity contribution in [3.8, 4) is 0 Å². The maximum absolute atomic E-state index is 3.63. The first-order chi connectivity index (χ1) is 6.77. The lowest BCUT2D eigenvalue weighted by Gasteiger charge is -2.13. The van der Waals surface area contributed by atoms with Gasteiger partial charge < -0.3 is 5.32 Å². The van der Waals surface area contributed by atoms with Gasteiger partial charge in [-0.05, 0) is 53.9 Å². The van der Waals surface area contributed by atoms with Crippen molar-refractivity contribution in [2.75, 3.05) is 6.54 Å². The standard InChI is InChI=1S/C11H16BrNS/c1-8-7-10(14-11(8)12)9-5-3-2-4-6-13-9/h7,9,13H,2-6H2,1H3. The molecule has 0 aliphatic carbocycles. The van der Waals surface area contributed by atoms with E-state index >= 15 is 0 Å². The molecule has 2 heterocycles. The Labute approximate surface area is 98.0 Å². The zero-order valence-electron chi connectivity index (χ0n) is 8.48. The van der Waals surface area contributed by atoms with Crippen molar-refractivity contribution in [1.29, 1.82) is 0 Å². The SMILES string of the molecule is Cc1cc(C2CCCCCN2)sc1Br. The number of nitrogens with one attached hydrogen (secondary N) is 1. The van der Waals surface area contributed by atoms with Crippen LogP contribution >= 0.6 is 27.3 Å². The predicted octanol–water partition coefficient (Wildman–Crippen LogP) is 4.02. The molecule has 1 aliphatic heterocycles. The Balaban J connectivity index is 2.12. The number of hydrogen-bond donors (Lipinski definition) is 1. The van der Waals surface area contributed by atoms with E-state index in [0.717, 1.165) is 0 Å². The van der Waals surface area contributed by atoms with Gasteiger partial charge in [0.2, 0.25) is 0 Å². The van der Waals surface area contributed by atoms with Crippen LogP contribution in [0.5, 0.6) is 0 Å². The van der Waals surface area contributed by atoms with Gasteiger partial charge in [-0.15, -0.1) is 11.3 Å². The molecule has 1 nitrogen and oxygen atoms in total. The van der Waals surface area contributed by atoms with Crippen LogP contribution in [0.1, 0.15) is 42.2 Å². The maximum atomic E-state index is 3.63. The molecule has 0 radical (unpaired) electrons. The van der Waals surface area contributed by atoms with Gasteiger partial charge in [0, 0.05) is 10.9 Å². The zero-order valence-corrected chi connectivity index (χ0v) is 10.9. The zero-order chi connectivity index (χ0) is 9.97. The van der Waals surface area contributed by atoms with E-state index in [1.54, 1.807) is 0 Å². The second kappa shape index (κ2) is 4.77. The quantitative estimate of drug-likeness (QED) is 0.815. The maximum Gasteiger partial charge on any atom is 0.0731 e. The van der Waals surface area contributed by atoms with E-state index in [-0.39, 0.29) is 0 Å². The molecule has 2 rings (SSSR count). The summed E-state index contributed by atoms with van der Waals surface area (Å²) in [5.74, 6) is 0. The molecule has 1 saturated heterocycles. The van der Waals surface area contributed by atoms with Crippen LogP contribution in [0.15, 0.2) is 9.85 Å². The Morgan fingerprint density at radius 3 is 3.00 bits per heavy atom. The molecule has 0 amide bonds. The Morgan fingerprint density at radius 2 is 2.29 bits per heavy atom. The van der Waals surface area contributed by atoms with E-state index in [9.17, 15) is 0 Å². The fourth-order valence-corrected chi connectivity index (χ4v) is 3.61. The number of aryl methyl sites for hydroxylation is 1. The van der Waals surface area contributed by atoms with Crippen LogP contribution in [0, 0.1) is 6.92 Å². The molecule has 1 unspecified atom stereocenters. The topological polar surface area (TPSA) is 12.0 Å². The van der Waals surface area contributed by atoms with E-state index < -0.39 is 0 Å². The highest BCUT2D eigenvalue weighted by atomic mass is 79.9. The number of rotatable bonds is 1. The summed E-state index contributed by atoms with van der Waals surface area (Å²) < 4.78 is 1.29. The predicted molar refractivity (Wildman–Crippen MR) is 66.0 cm³/mol. The van der Waals surface area contributed by atoms with Crippen molar-refractivity contribution < 1.29 is 0 Å². The molecular weight excluding hydrogens is 258 g/mol. The molecule has 0 saturated carbocycles.